The lowest BCUT2D eigenvalue weighted by Crippen LogP contribution is -2.34. The lowest BCUT2D eigenvalue weighted by molar-refractivity contribution is -0.145. The van der Waals surface area contributed by atoms with Crippen molar-refractivity contribution in [2.75, 3.05) is 20.7 Å². The summed E-state index contributed by atoms with van der Waals surface area (Å²) >= 11 is 3.33. The Bertz CT molecular complexity index is 728. The predicted molar refractivity (Wildman–Crippen MR) is 101 cm³/mol. The largest absolute Gasteiger partial charge is 0.469 e. The molecule has 1 aromatic carbocycles. The van der Waals surface area contributed by atoms with Crippen LogP contribution in [0.15, 0.2) is 34.0 Å². The van der Waals surface area contributed by atoms with Gasteiger partial charge in [0.1, 0.15) is 4.34 Å². The Balaban J connectivity index is 1.91. The van der Waals surface area contributed by atoms with Crippen molar-refractivity contribution in [2.45, 2.75) is 23.9 Å². The molecule has 1 atom stereocenters. The molecular formula is C18H22N2O3S2. The molecule has 0 aliphatic carbocycles. The van der Waals surface area contributed by atoms with E-state index in [4.69, 9.17) is 4.74 Å². The van der Waals surface area contributed by atoms with Crippen LogP contribution in [-0.2, 0) is 15.3 Å². The van der Waals surface area contributed by atoms with Crippen molar-refractivity contribution in [3.63, 3.8) is 0 Å². The predicted octanol–water partition coefficient (Wildman–Crippen LogP) is 3.62. The van der Waals surface area contributed by atoms with Gasteiger partial charge in [-0.1, -0.05) is 30.8 Å². The summed E-state index contributed by atoms with van der Waals surface area (Å²) in [6, 6.07) is 7.56. The van der Waals surface area contributed by atoms with Crippen LogP contribution >= 0.6 is 23.1 Å². The van der Waals surface area contributed by atoms with Gasteiger partial charge in [-0.25, -0.2) is 4.98 Å². The Morgan fingerprint density at radius 2 is 2.00 bits per heavy atom. The van der Waals surface area contributed by atoms with Crippen LogP contribution in [0.4, 0.5) is 0 Å². The van der Waals surface area contributed by atoms with Gasteiger partial charge < -0.3 is 9.64 Å². The van der Waals surface area contributed by atoms with Crippen molar-refractivity contribution in [2.24, 2.45) is 5.92 Å². The molecule has 5 nitrogen and oxygen atoms in total. The zero-order chi connectivity index (χ0) is 18.4. The van der Waals surface area contributed by atoms with Crippen molar-refractivity contribution in [3.8, 4) is 0 Å². The summed E-state index contributed by atoms with van der Waals surface area (Å²) in [5, 5.41) is 2.04. The van der Waals surface area contributed by atoms with E-state index < -0.39 is 0 Å². The highest BCUT2D eigenvalue weighted by atomic mass is 32.2. The molecule has 2 aromatic rings. The number of thiazole rings is 1. The summed E-state index contributed by atoms with van der Waals surface area (Å²) in [6.45, 7) is 4.06. The highest BCUT2D eigenvalue weighted by Gasteiger charge is 2.19. The number of ether oxygens (including phenoxy) is 1. The molecule has 0 fully saturated rings. The average Bonchev–Trinajstić information content (AvgIpc) is 3.04. The molecule has 25 heavy (non-hydrogen) atoms. The Morgan fingerprint density at radius 3 is 2.56 bits per heavy atom. The fraction of sp³-hybridized carbons (Fsp3) is 0.389. The smallest absolute Gasteiger partial charge is 0.310 e. The molecule has 7 heteroatoms. The lowest BCUT2D eigenvalue weighted by atomic mass is 10.1. The fourth-order valence-corrected chi connectivity index (χ4v) is 4.08. The number of benzene rings is 1. The number of carbonyl (C=O) groups excluding carboxylic acids is 2. The van der Waals surface area contributed by atoms with E-state index in [0.717, 1.165) is 21.3 Å². The highest BCUT2D eigenvalue weighted by Crippen LogP contribution is 2.26. The maximum Gasteiger partial charge on any atom is 0.310 e. The van der Waals surface area contributed by atoms with Crippen LogP contribution < -0.4 is 0 Å². The summed E-state index contributed by atoms with van der Waals surface area (Å²) in [5.74, 6) is 0.0442. The van der Waals surface area contributed by atoms with E-state index in [-0.39, 0.29) is 17.8 Å². The zero-order valence-electron chi connectivity index (χ0n) is 14.8. The SMILES string of the molecule is COC(=O)C(C)CN(C)C(=O)c1ccc(CSc2nc(C)cs2)cc1. The van der Waals surface area contributed by atoms with E-state index in [2.05, 4.69) is 4.98 Å². The maximum absolute atomic E-state index is 12.4. The molecular weight excluding hydrogens is 356 g/mol. The van der Waals surface area contributed by atoms with Crippen molar-refractivity contribution >= 4 is 35.0 Å². The third-order valence-corrected chi connectivity index (χ3v) is 5.87. The van der Waals surface area contributed by atoms with Gasteiger partial charge in [-0.05, 0) is 24.6 Å². The first-order valence-corrected chi connectivity index (χ1v) is 9.74. The minimum absolute atomic E-state index is 0.106. The van der Waals surface area contributed by atoms with Gasteiger partial charge in [0.2, 0.25) is 0 Å². The zero-order valence-corrected chi connectivity index (χ0v) is 16.4. The van der Waals surface area contributed by atoms with Gasteiger partial charge in [0.05, 0.1) is 13.0 Å². The molecule has 1 heterocycles. The first-order valence-electron chi connectivity index (χ1n) is 7.88. The van der Waals surface area contributed by atoms with E-state index in [1.54, 1.807) is 42.0 Å². The molecule has 2 rings (SSSR count). The number of rotatable bonds is 7. The van der Waals surface area contributed by atoms with Gasteiger partial charge in [0.25, 0.3) is 5.91 Å². The Morgan fingerprint density at radius 1 is 1.32 bits per heavy atom. The number of aromatic nitrogens is 1. The van der Waals surface area contributed by atoms with Crippen molar-refractivity contribution in [1.82, 2.24) is 9.88 Å². The summed E-state index contributed by atoms with van der Waals surface area (Å²) in [6.07, 6.45) is 0. The van der Waals surface area contributed by atoms with E-state index >= 15 is 0 Å². The average molecular weight is 379 g/mol. The number of carbonyl (C=O) groups is 2. The second-order valence-corrected chi connectivity index (χ2v) is 7.93. The van der Waals surface area contributed by atoms with E-state index in [9.17, 15) is 9.59 Å². The molecule has 1 unspecified atom stereocenters. The molecule has 1 aromatic heterocycles. The standard InChI is InChI=1S/C18H22N2O3S2/c1-12(17(22)23-4)9-20(3)16(21)15-7-5-14(6-8-15)11-25-18-19-13(2)10-24-18/h5-8,10,12H,9,11H2,1-4H3. The van der Waals surface area contributed by atoms with Crippen LogP contribution in [0.25, 0.3) is 0 Å². The monoisotopic (exact) mass is 378 g/mol. The van der Waals surface area contributed by atoms with Crippen molar-refractivity contribution in [3.05, 3.63) is 46.5 Å². The van der Waals surface area contributed by atoms with Crippen LogP contribution in [-0.4, -0.2) is 42.5 Å². The van der Waals surface area contributed by atoms with Gasteiger partial charge in [0, 0.05) is 36.0 Å². The van der Waals surface area contributed by atoms with Gasteiger partial charge in [-0.2, -0.15) is 0 Å². The van der Waals surface area contributed by atoms with Gasteiger partial charge in [0.15, 0.2) is 0 Å². The first kappa shape index (κ1) is 19.5. The molecule has 0 aliphatic rings. The summed E-state index contributed by atoms with van der Waals surface area (Å²) in [7, 11) is 3.04. The second-order valence-electron chi connectivity index (χ2n) is 5.85. The minimum atomic E-state index is -0.351. The quantitative estimate of drug-likeness (QED) is 0.544. The van der Waals surface area contributed by atoms with Crippen LogP contribution in [0, 0.1) is 12.8 Å². The molecule has 0 radical (unpaired) electrons. The highest BCUT2D eigenvalue weighted by molar-refractivity contribution is 8.00. The number of thioether (sulfide) groups is 1. The molecule has 0 aliphatic heterocycles. The van der Waals surface area contributed by atoms with Crippen LogP contribution in [0.5, 0.6) is 0 Å². The lowest BCUT2D eigenvalue weighted by Gasteiger charge is -2.20. The van der Waals surface area contributed by atoms with Crippen LogP contribution in [0.1, 0.15) is 28.5 Å². The van der Waals surface area contributed by atoms with Crippen molar-refractivity contribution < 1.29 is 14.3 Å². The number of aryl methyl sites for hydroxylation is 1. The fourth-order valence-electron chi connectivity index (χ4n) is 2.28. The normalized spacial score (nSPS) is 11.8. The number of esters is 1. The van der Waals surface area contributed by atoms with Crippen LogP contribution in [0.2, 0.25) is 0 Å². The van der Waals surface area contributed by atoms with Crippen molar-refractivity contribution in [1.29, 1.82) is 0 Å². The van der Waals surface area contributed by atoms with Gasteiger partial charge in [-0.15, -0.1) is 11.3 Å². The Hall–Kier alpha value is -1.86. The summed E-state index contributed by atoms with van der Waals surface area (Å²) in [4.78, 5) is 29.9. The minimum Gasteiger partial charge on any atom is -0.469 e. The second kappa shape index (κ2) is 9.01. The van der Waals surface area contributed by atoms with Gasteiger partial charge in [-0.3, -0.25) is 9.59 Å². The molecule has 1 amide bonds. The summed E-state index contributed by atoms with van der Waals surface area (Å²) in [5.41, 5.74) is 2.79. The number of amides is 1. The van der Waals surface area contributed by atoms with Crippen LogP contribution in [0.3, 0.4) is 0 Å². The van der Waals surface area contributed by atoms with Gasteiger partial charge >= 0.3 is 5.97 Å². The van der Waals surface area contributed by atoms with E-state index in [1.165, 1.54) is 7.11 Å². The first-order chi connectivity index (χ1) is 11.9. The molecule has 0 saturated heterocycles. The molecule has 0 N–H and O–H groups in total. The number of methoxy groups -OCH3 is 1. The third-order valence-electron chi connectivity index (χ3n) is 3.66. The third kappa shape index (κ3) is 5.57. The Kier molecular flexibility index (Phi) is 7.01. The molecule has 134 valence electrons. The molecule has 0 bridgehead atoms. The van der Waals surface area contributed by atoms with E-state index in [0.29, 0.717) is 12.1 Å². The maximum atomic E-state index is 12.4. The number of hydrogen-bond donors (Lipinski definition) is 0. The number of hydrogen-bond acceptors (Lipinski definition) is 6. The van der Waals surface area contributed by atoms with E-state index in [1.807, 2.05) is 36.6 Å². The number of nitrogens with zero attached hydrogens (tertiary/aromatic N) is 2. The Labute approximate surface area is 156 Å². The summed E-state index contributed by atoms with van der Waals surface area (Å²) < 4.78 is 5.75. The molecule has 0 saturated carbocycles. The molecule has 0 spiro atoms. The topological polar surface area (TPSA) is 59.5 Å².